The van der Waals surface area contributed by atoms with Crippen molar-refractivity contribution >= 4 is 5.78 Å². The number of rotatable bonds is 2. The fourth-order valence-corrected chi connectivity index (χ4v) is 0.400. The van der Waals surface area contributed by atoms with Crippen LogP contribution in [-0.2, 0) is 4.79 Å². The van der Waals surface area contributed by atoms with Crippen molar-refractivity contribution in [1.29, 1.82) is 0 Å². The van der Waals surface area contributed by atoms with Gasteiger partial charge in [0.25, 0.3) is 0 Å². The molecule has 0 aromatic carbocycles. The molecule has 0 saturated heterocycles. The van der Waals surface area contributed by atoms with Crippen LogP contribution in [0.3, 0.4) is 0 Å². The first-order chi connectivity index (χ1) is 4.16. The Morgan fingerprint density at radius 3 is 2.20 bits per heavy atom. The third kappa shape index (κ3) is 7.95. The third-order valence-electron chi connectivity index (χ3n) is 0.663. The number of allylic oxidation sites excluding steroid dienone is 3. The van der Waals surface area contributed by atoms with Crippen LogP contribution < -0.4 is 34.7 Å². The van der Waals surface area contributed by atoms with E-state index >= 15 is 0 Å². The zero-order valence-corrected chi connectivity index (χ0v) is 8.55. The molecule has 0 N–H and O–H groups in total. The largest absolute Gasteiger partial charge is 1.00 e. The van der Waals surface area contributed by atoms with Crippen LogP contribution in [0.15, 0.2) is 24.0 Å². The molecule has 0 atom stereocenters. The Morgan fingerprint density at radius 2 is 1.90 bits per heavy atom. The van der Waals surface area contributed by atoms with Gasteiger partial charge in [-0.05, 0) is 26.0 Å². The molecule has 2 nitrogen and oxygen atoms in total. The second kappa shape index (κ2) is 7.06. The predicted molar refractivity (Wildman–Crippen MR) is 33.6 cm³/mol. The van der Waals surface area contributed by atoms with Crippen LogP contribution in [0.2, 0.25) is 0 Å². The molecule has 0 amide bonds. The van der Waals surface area contributed by atoms with Crippen molar-refractivity contribution in [3.05, 3.63) is 24.0 Å². The maximum Gasteiger partial charge on any atom is 1.00 e. The summed E-state index contributed by atoms with van der Waals surface area (Å²) in [6.07, 6.45) is 2.89. The number of carbonyl (C=O) groups excluding carboxylic acids is 1. The molecule has 0 radical (unpaired) electrons. The molecule has 0 aliphatic rings. The summed E-state index contributed by atoms with van der Waals surface area (Å²) in [5.41, 5.74) is 0.901. The van der Waals surface area contributed by atoms with E-state index in [1.807, 2.05) is 0 Å². The average molecular weight is 148 g/mol. The Kier molecular flexibility index (Phi) is 8.91. The van der Waals surface area contributed by atoms with Gasteiger partial charge in [-0.15, -0.1) is 6.26 Å². The van der Waals surface area contributed by atoms with Crippen LogP contribution in [0.1, 0.15) is 13.8 Å². The third-order valence-corrected chi connectivity index (χ3v) is 0.663. The monoisotopic (exact) mass is 148 g/mol. The molecule has 0 aromatic rings. The van der Waals surface area contributed by atoms with Crippen molar-refractivity contribution in [2.45, 2.75) is 13.8 Å². The van der Waals surface area contributed by atoms with E-state index in [4.69, 9.17) is 0 Å². The normalized spacial score (nSPS) is 8.60. The van der Waals surface area contributed by atoms with Gasteiger partial charge in [0, 0.05) is 0 Å². The second-order valence-corrected chi connectivity index (χ2v) is 1.93. The molecular formula is C7H9NaO2. The summed E-state index contributed by atoms with van der Waals surface area (Å²) in [6, 6.07) is 0. The van der Waals surface area contributed by atoms with Crippen LogP contribution in [0, 0.1) is 0 Å². The van der Waals surface area contributed by atoms with Crippen LogP contribution in [0.25, 0.3) is 0 Å². The Hall–Kier alpha value is -0.0500. The topological polar surface area (TPSA) is 40.1 Å². The number of ketones is 1. The van der Waals surface area contributed by atoms with Gasteiger partial charge in [-0.3, -0.25) is 4.79 Å². The van der Waals surface area contributed by atoms with Gasteiger partial charge in [0.15, 0.2) is 5.78 Å². The molecule has 0 bridgehead atoms. The quantitative estimate of drug-likeness (QED) is 0.245. The summed E-state index contributed by atoms with van der Waals surface area (Å²) in [7, 11) is 0. The van der Waals surface area contributed by atoms with Crippen LogP contribution in [0.4, 0.5) is 0 Å². The van der Waals surface area contributed by atoms with Gasteiger partial charge < -0.3 is 5.11 Å². The molecule has 50 valence electrons. The van der Waals surface area contributed by atoms with E-state index in [9.17, 15) is 9.90 Å². The zero-order valence-electron chi connectivity index (χ0n) is 6.55. The molecule has 0 rings (SSSR count). The van der Waals surface area contributed by atoms with Gasteiger partial charge in [-0.1, -0.05) is 5.57 Å². The van der Waals surface area contributed by atoms with Crippen molar-refractivity contribution in [2.24, 2.45) is 0 Å². The molecule has 0 aliphatic heterocycles. The summed E-state index contributed by atoms with van der Waals surface area (Å²) in [6.45, 7) is 3.60. The minimum Gasteiger partial charge on any atom is -0.878 e. The molecule has 0 aliphatic carbocycles. The molecule has 0 saturated carbocycles. The summed E-state index contributed by atoms with van der Waals surface area (Å²) < 4.78 is 0. The Balaban J connectivity index is 0. The van der Waals surface area contributed by atoms with Crippen LogP contribution in [0.5, 0.6) is 0 Å². The van der Waals surface area contributed by atoms with Crippen molar-refractivity contribution in [3.8, 4) is 0 Å². The SMILES string of the molecule is CC(C)=CC(=O)C=C[O-].[Na+]. The van der Waals surface area contributed by atoms with Gasteiger partial charge in [0.1, 0.15) is 0 Å². The summed E-state index contributed by atoms with van der Waals surface area (Å²) in [5, 5.41) is 9.69. The van der Waals surface area contributed by atoms with E-state index in [1.165, 1.54) is 6.08 Å². The fourth-order valence-electron chi connectivity index (χ4n) is 0.400. The van der Waals surface area contributed by atoms with Crippen LogP contribution >= 0.6 is 0 Å². The molecule has 0 heterocycles. The zero-order chi connectivity index (χ0) is 7.28. The van der Waals surface area contributed by atoms with Crippen molar-refractivity contribution < 1.29 is 39.5 Å². The second-order valence-electron chi connectivity index (χ2n) is 1.93. The first-order valence-corrected chi connectivity index (χ1v) is 2.64. The number of hydrogen-bond donors (Lipinski definition) is 0. The standard InChI is InChI=1S/C7H10O2.Na/c1-6(2)5-7(9)3-4-8;/h3-5,8H,1-2H3;/q;+1/p-1. The van der Waals surface area contributed by atoms with Gasteiger partial charge in [0.2, 0.25) is 0 Å². The van der Waals surface area contributed by atoms with Gasteiger partial charge in [-0.25, -0.2) is 0 Å². The van der Waals surface area contributed by atoms with E-state index in [1.54, 1.807) is 13.8 Å². The van der Waals surface area contributed by atoms with E-state index in [2.05, 4.69) is 0 Å². The molecule has 10 heavy (non-hydrogen) atoms. The molecule has 0 spiro atoms. The minimum atomic E-state index is -0.245. The van der Waals surface area contributed by atoms with E-state index in [-0.39, 0.29) is 35.3 Å². The first kappa shape index (κ1) is 12.6. The molecule has 0 fully saturated rings. The van der Waals surface area contributed by atoms with Gasteiger partial charge >= 0.3 is 29.6 Å². The Morgan fingerprint density at radius 1 is 1.40 bits per heavy atom. The van der Waals surface area contributed by atoms with Crippen LogP contribution in [-0.4, -0.2) is 5.78 Å². The summed E-state index contributed by atoms with van der Waals surface area (Å²) in [5.74, 6) is -0.245. The summed E-state index contributed by atoms with van der Waals surface area (Å²) >= 11 is 0. The Labute approximate surface area is 82.9 Å². The number of hydrogen-bond acceptors (Lipinski definition) is 2. The average Bonchev–Trinajstić information content (AvgIpc) is 1.63. The van der Waals surface area contributed by atoms with Crippen molar-refractivity contribution in [2.75, 3.05) is 0 Å². The van der Waals surface area contributed by atoms with E-state index in [0.29, 0.717) is 6.26 Å². The number of carbonyl (C=O) groups is 1. The first-order valence-electron chi connectivity index (χ1n) is 2.64. The molecule has 0 aromatic heterocycles. The maximum atomic E-state index is 10.5. The minimum absolute atomic E-state index is 0. The molecule has 3 heteroatoms. The van der Waals surface area contributed by atoms with Crippen molar-refractivity contribution in [3.63, 3.8) is 0 Å². The molecule has 0 unspecified atom stereocenters. The fraction of sp³-hybridized carbons (Fsp3) is 0.286. The van der Waals surface area contributed by atoms with E-state index < -0.39 is 0 Å². The smallest absolute Gasteiger partial charge is 0.878 e. The van der Waals surface area contributed by atoms with Crippen molar-refractivity contribution in [1.82, 2.24) is 0 Å². The summed E-state index contributed by atoms with van der Waals surface area (Å²) in [4.78, 5) is 10.5. The van der Waals surface area contributed by atoms with Gasteiger partial charge in [0.05, 0.1) is 0 Å². The Bertz CT molecular complexity index is 155. The van der Waals surface area contributed by atoms with Gasteiger partial charge in [-0.2, -0.15) is 0 Å². The van der Waals surface area contributed by atoms with E-state index in [0.717, 1.165) is 11.6 Å². The maximum absolute atomic E-state index is 10.5. The predicted octanol–water partition coefficient (Wildman–Crippen LogP) is -2.60. The molecular weight excluding hydrogens is 139 g/mol.